The Hall–Kier alpha value is -1.63. The highest BCUT2D eigenvalue weighted by molar-refractivity contribution is 7.19. The molecule has 3 N–H and O–H groups in total. The van der Waals surface area contributed by atoms with E-state index in [0.717, 1.165) is 33.8 Å². The normalized spacial score (nSPS) is 12.7. The third kappa shape index (κ3) is 3.09. The van der Waals surface area contributed by atoms with Gasteiger partial charge in [0, 0.05) is 10.9 Å². The molecule has 3 aromatic rings. The maximum Gasteiger partial charge on any atom is 0.224 e. The minimum atomic E-state index is 0.106. The molecule has 0 aliphatic rings. The minimum absolute atomic E-state index is 0.106. The Labute approximate surface area is 137 Å². The highest BCUT2D eigenvalue weighted by Gasteiger charge is 2.16. The summed E-state index contributed by atoms with van der Waals surface area (Å²) in [6.45, 7) is 4.60. The van der Waals surface area contributed by atoms with Gasteiger partial charge in [0.15, 0.2) is 0 Å². The fourth-order valence-corrected chi connectivity index (χ4v) is 3.82. The second kappa shape index (κ2) is 6.24. The van der Waals surface area contributed by atoms with Crippen molar-refractivity contribution in [3.63, 3.8) is 0 Å². The maximum absolute atomic E-state index is 6.07. The van der Waals surface area contributed by atoms with Gasteiger partial charge in [-0.15, -0.1) is 11.3 Å². The summed E-state index contributed by atoms with van der Waals surface area (Å²) in [6.07, 6.45) is 2.47. The van der Waals surface area contributed by atoms with Crippen LogP contribution in [0.4, 0.5) is 5.82 Å². The lowest BCUT2D eigenvalue weighted by atomic mass is 10.1. The van der Waals surface area contributed by atoms with Crippen molar-refractivity contribution in [2.24, 2.45) is 5.73 Å². The largest absolute Gasteiger partial charge is 0.467 e. The lowest BCUT2D eigenvalue weighted by Gasteiger charge is -2.05. The lowest BCUT2D eigenvalue weighted by molar-refractivity contribution is 0.518. The molecule has 0 fully saturated rings. The topological polar surface area (TPSA) is 77.0 Å². The van der Waals surface area contributed by atoms with Gasteiger partial charge in [-0.1, -0.05) is 0 Å². The monoisotopic (exact) mass is 336 g/mol. The molecule has 0 radical (unpaired) electrons. The van der Waals surface area contributed by atoms with Crippen LogP contribution < -0.4 is 11.1 Å². The zero-order chi connectivity index (χ0) is 15.7. The summed E-state index contributed by atoms with van der Waals surface area (Å²) in [7, 11) is 0. The first kappa shape index (κ1) is 15.3. The predicted octanol–water partition coefficient (Wildman–Crippen LogP) is 3.75. The molecule has 5 nitrogen and oxygen atoms in total. The first-order valence-corrected chi connectivity index (χ1v) is 8.21. The number of thiophene rings is 1. The summed E-state index contributed by atoms with van der Waals surface area (Å²) in [5.74, 6) is 1.57. The summed E-state index contributed by atoms with van der Waals surface area (Å²) in [6, 6.07) is 3.87. The molecule has 22 heavy (non-hydrogen) atoms. The maximum atomic E-state index is 6.07. The van der Waals surface area contributed by atoms with Gasteiger partial charge in [-0.05, 0) is 49.6 Å². The van der Waals surface area contributed by atoms with Crippen molar-refractivity contribution in [2.75, 3.05) is 5.32 Å². The molecular weight excluding hydrogens is 320 g/mol. The molecule has 1 unspecified atom stereocenters. The van der Waals surface area contributed by atoms with Crippen molar-refractivity contribution in [2.45, 2.75) is 32.9 Å². The first-order valence-electron chi connectivity index (χ1n) is 7.02. The Morgan fingerprint density at radius 2 is 2.27 bits per heavy atom. The van der Waals surface area contributed by atoms with E-state index in [2.05, 4.69) is 22.2 Å². The van der Waals surface area contributed by atoms with Gasteiger partial charge in [-0.3, -0.25) is 0 Å². The van der Waals surface area contributed by atoms with Crippen LogP contribution in [0.2, 0.25) is 5.28 Å². The van der Waals surface area contributed by atoms with Crippen LogP contribution >= 0.6 is 22.9 Å². The van der Waals surface area contributed by atoms with Gasteiger partial charge >= 0.3 is 0 Å². The second-order valence-electron chi connectivity index (χ2n) is 5.28. The van der Waals surface area contributed by atoms with Gasteiger partial charge in [-0.25, -0.2) is 4.98 Å². The summed E-state index contributed by atoms with van der Waals surface area (Å²) in [5.41, 5.74) is 7.94. The van der Waals surface area contributed by atoms with Crippen molar-refractivity contribution in [3.8, 4) is 0 Å². The van der Waals surface area contributed by atoms with Crippen LogP contribution in [-0.4, -0.2) is 16.0 Å². The van der Waals surface area contributed by atoms with Crippen molar-refractivity contribution >= 4 is 39.0 Å². The molecule has 3 aromatic heterocycles. The fourth-order valence-electron chi connectivity index (χ4n) is 2.30. The van der Waals surface area contributed by atoms with Crippen LogP contribution in [0.25, 0.3) is 10.2 Å². The molecule has 3 rings (SSSR count). The molecule has 0 saturated heterocycles. The number of nitrogens with zero attached hydrogens (tertiary/aromatic N) is 2. The van der Waals surface area contributed by atoms with Gasteiger partial charge in [0.05, 0.1) is 23.0 Å². The molecule has 7 heteroatoms. The Morgan fingerprint density at radius 3 is 2.95 bits per heavy atom. The lowest BCUT2D eigenvalue weighted by Crippen LogP contribution is -2.17. The molecule has 1 atom stereocenters. The number of aryl methyl sites for hydroxylation is 1. The van der Waals surface area contributed by atoms with E-state index in [-0.39, 0.29) is 11.3 Å². The van der Waals surface area contributed by atoms with E-state index < -0.39 is 0 Å². The van der Waals surface area contributed by atoms with Gasteiger partial charge in [-0.2, -0.15) is 4.98 Å². The molecular formula is C15H17ClN4OS. The summed E-state index contributed by atoms with van der Waals surface area (Å²) >= 11 is 7.73. The Balaban J connectivity index is 1.98. The number of aromatic nitrogens is 2. The van der Waals surface area contributed by atoms with E-state index in [1.54, 1.807) is 17.6 Å². The molecule has 0 bridgehead atoms. The first-order chi connectivity index (χ1) is 10.5. The fraction of sp³-hybridized carbons (Fsp3) is 0.333. The zero-order valence-electron chi connectivity index (χ0n) is 12.4. The number of halogens is 1. The highest BCUT2D eigenvalue weighted by Crippen LogP contribution is 2.35. The molecule has 0 aromatic carbocycles. The van der Waals surface area contributed by atoms with Crippen LogP contribution in [0.15, 0.2) is 22.8 Å². The summed E-state index contributed by atoms with van der Waals surface area (Å²) in [4.78, 5) is 9.91. The number of nitrogens with two attached hydrogens (primary N) is 1. The quantitative estimate of drug-likeness (QED) is 0.694. The molecule has 0 aliphatic carbocycles. The van der Waals surface area contributed by atoms with Crippen LogP contribution in [0.5, 0.6) is 0 Å². The summed E-state index contributed by atoms with van der Waals surface area (Å²) < 4.78 is 6.33. The van der Waals surface area contributed by atoms with Crippen LogP contribution in [0, 0.1) is 6.92 Å². The highest BCUT2D eigenvalue weighted by atomic mass is 35.5. The smallest absolute Gasteiger partial charge is 0.224 e. The predicted molar refractivity (Wildman–Crippen MR) is 90.6 cm³/mol. The standard InChI is InChI=1S/C15H17ClN4OS/c1-8(17)6-11-9(2)12-13(22-11)14(20-15(16)19-12)18-7-10-4-3-5-21-10/h3-5,8H,6-7,17H2,1-2H3,(H,18,19,20). The Kier molecular flexibility index (Phi) is 4.33. The van der Waals surface area contributed by atoms with Gasteiger partial charge in [0.25, 0.3) is 0 Å². The average molecular weight is 337 g/mol. The summed E-state index contributed by atoms with van der Waals surface area (Å²) in [5, 5.41) is 3.51. The second-order valence-corrected chi connectivity index (χ2v) is 6.73. The van der Waals surface area contributed by atoms with E-state index in [9.17, 15) is 0 Å². The molecule has 0 aliphatic heterocycles. The van der Waals surface area contributed by atoms with Crippen molar-refractivity contribution < 1.29 is 4.42 Å². The number of fused-ring (bicyclic) bond motifs is 1. The van der Waals surface area contributed by atoms with Crippen LogP contribution in [0.3, 0.4) is 0 Å². The van der Waals surface area contributed by atoms with E-state index in [1.165, 1.54) is 4.88 Å². The van der Waals surface area contributed by atoms with E-state index in [1.807, 2.05) is 19.1 Å². The number of furan rings is 1. The molecule has 0 spiro atoms. The van der Waals surface area contributed by atoms with Crippen LogP contribution in [0.1, 0.15) is 23.1 Å². The third-order valence-electron chi connectivity index (χ3n) is 3.35. The Bertz CT molecular complexity index is 783. The van der Waals surface area contributed by atoms with Crippen molar-refractivity contribution in [1.82, 2.24) is 9.97 Å². The average Bonchev–Trinajstić information content (AvgIpc) is 3.07. The van der Waals surface area contributed by atoms with E-state index in [4.69, 9.17) is 21.8 Å². The van der Waals surface area contributed by atoms with E-state index in [0.29, 0.717) is 6.54 Å². The van der Waals surface area contributed by atoms with E-state index >= 15 is 0 Å². The van der Waals surface area contributed by atoms with Gasteiger partial charge in [0.2, 0.25) is 5.28 Å². The van der Waals surface area contributed by atoms with Crippen molar-refractivity contribution in [1.29, 1.82) is 0 Å². The third-order valence-corrected chi connectivity index (χ3v) is 4.83. The SMILES string of the molecule is Cc1c(CC(C)N)sc2c(NCc3ccco3)nc(Cl)nc12. The molecule has 0 saturated carbocycles. The number of nitrogens with one attached hydrogen (secondary N) is 1. The number of anilines is 1. The van der Waals surface area contributed by atoms with Gasteiger partial charge in [0.1, 0.15) is 11.6 Å². The number of hydrogen-bond donors (Lipinski definition) is 2. The number of hydrogen-bond acceptors (Lipinski definition) is 6. The number of rotatable bonds is 5. The molecule has 3 heterocycles. The zero-order valence-corrected chi connectivity index (χ0v) is 14.0. The van der Waals surface area contributed by atoms with Crippen molar-refractivity contribution in [3.05, 3.63) is 39.9 Å². The van der Waals surface area contributed by atoms with Crippen LogP contribution in [-0.2, 0) is 13.0 Å². The minimum Gasteiger partial charge on any atom is -0.467 e. The molecule has 116 valence electrons. The Morgan fingerprint density at radius 1 is 1.45 bits per heavy atom. The van der Waals surface area contributed by atoms with Gasteiger partial charge < -0.3 is 15.5 Å². The molecule has 0 amide bonds.